The standard InChI is InChI=1S/C23H18BrN3O3/c24-16-10-11-19-18(14-16)23(29)27(15-25-19)13-12-22(28)26-20-8-4-5-9-21(20)30-17-6-2-1-3-7-17/h1-11,14-15H,12-13H2,(H,26,28). The fraction of sp³-hybridized carbons (Fsp3) is 0.0870. The number of aryl methyl sites for hydroxylation is 1. The summed E-state index contributed by atoms with van der Waals surface area (Å²) in [6.07, 6.45) is 1.60. The molecule has 30 heavy (non-hydrogen) atoms. The first-order valence-corrected chi connectivity index (χ1v) is 10.2. The van der Waals surface area contributed by atoms with E-state index in [1.165, 1.54) is 10.9 Å². The number of anilines is 1. The summed E-state index contributed by atoms with van der Waals surface area (Å²) in [4.78, 5) is 29.5. The van der Waals surface area contributed by atoms with Crippen LogP contribution in [-0.4, -0.2) is 15.5 Å². The Hall–Kier alpha value is -3.45. The van der Waals surface area contributed by atoms with E-state index in [-0.39, 0.29) is 24.4 Å². The number of aromatic nitrogens is 2. The van der Waals surface area contributed by atoms with E-state index in [0.717, 1.165) is 4.47 Å². The smallest absolute Gasteiger partial charge is 0.261 e. The van der Waals surface area contributed by atoms with Gasteiger partial charge in [0.2, 0.25) is 5.91 Å². The highest BCUT2D eigenvalue weighted by molar-refractivity contribution is 9.10. The number of halogens is 1. The van der Waals surface area contributed by atoms with Gasteiger partial charge in [0.05, 0.1) is 22.9 Å². The van der Waals surface area contributed by atoms with Crippen molar-refractivity contribution in [2.24, 2.45) is 0 Å². The van der Waals surface area contributed by atoms with Crippen LogP contribution in [0.25, 0.3) is 10.9 Å². The Kier molecular flexibility index (Phi) is 5.90. The van der Waals surface area contributed by atoms with Crippen LogP contribution in [0.3, 0.4) is 0 Å². The lowest BCUT2D eigenvalue weighted by Gasteiger charge is -2.12. The van der Waals surface area contributed by atoms with Crippen molar-refractivity contribution in [1.29, 1.82) is 0 Å². The third kappa shape index (κ3) is 4.58. The van der Waals surface area contributed by atoms with E-state index >= 15 is 0 Å². The topological polar surface area (TPSA) is 73.2 Å². The number of amides is 1. The quantitative estimate of drug-likeness (QED) is 0.437. The number of ether oxygens (including phenoxy) is 1. The average molecular weight is 464 g/mol. The highest BCUT2D eigenvalue weighted by Crippen LogP contribution is 2.29. The lowest BCUT2D eigenvalue weighted by molar-refractivity contribution is -0.116. The van der Waals surface area contributed by atoms with E-state index in [2.05, 4.69) is 26.2 Å². The SMILES string of the molecule is O=C(CCn1cnc2ccc(Br)cc2c1=O)Nc1ccccc1Oc1ccccc1. The van der Waals surface area contributed by atoms with Gasteiger partial charge in [0, 0.05) is 17.4 Å². The Bertz CT molecular complexity index is 1260. The number of nitrogens with one attached hydrogen (secondary N) is 1. The highest BCUT2D eigenvalue weighted by Gasteiger charge is 2.10. The molecule has 3 aromatic carbocycles. The van der Waals surface area contributed by atoms with E-state index < -0.39 is 0 Å². The third-order valence-electron chi connectivity index (χ3n) is 4.50. The van der Waals surface area contributed by atoms with Gasteiger partial charge in [-0.1, -0.05) is 46.3 Å². The molecule has 0 saturated heterocycles. The van der Waals surface area contributed by atoms with Crippen LogP contribution in [-0.2, 0) is 11.3 Å². The minimum Gasteiger partial charge on any atom is -0.455 e. The minimum absolute atomic E-state index is 0.126. The zero-order valence-electron chi connectivity index (χ0n) is 15.9. The number of benzene rings is 3. The molecule has 0 spiro atoms. The molecule has 150 valence electrons. The van der Waals surface area contributed by atoms with Gasteiger partial charge in [0.15, 0.2) is 5.75 Å². The Morgan fingerprint density at radius 1 is 1.03 bits per heavy atom. The zero-order valence-corrected chi connectivity index (χ0v) is 17.5. The molecule has 0 saturated carbocycles. The number of carbonyl (C=O) groups excluding carboxylic acids is 1. The van der Waals surface area contributed by atoms with Gasteiger partial charge < -0.3 is 10.1 Å². The maximum absolute atomic E-state index is 12.7. The predicted molar refractivity (Wildman–Crippen MR) is 120 cm³/mol. The molecule has 1 aromatic heterocycles. The number of para-hydroxylation sites is 3. The molecule has 0 aliphatic rings. The van der Waals surface area contributed by atoms with Gasteiger partial charge >= 0.3 is 0 Å². The van der Waals surface area contributed by atoms with Crippen LogP contribution >= 0.6 is 15.9 Å². The van der Waals surface area contributed by atoms with Crippen LogP contribution < -0.4 is 15.6 Å². The summed E-state index contributed by atoms with van der Waals surface area (Å²) in [7, 11) is 0. The zero-order chi connectivity index (χ0) is 20.9. The molecule has 0 bridgehead atoms. The second kappa shape index (κ2) is 8.92. The molecule has 4 rings (SSSR count). The number of hydrogen-bond acceptors (Lipinski definition) is 4. The summed E-state index contributed by atoms with van der Waals surface area (Å²) in [6.45, 7) is 0.224. The van der Waals surface area contributed by atoms with Gasteiger partial charge in [-0.25, -0.2) is 4.98 Å². The molecule has 0 unspecified atom stereocenters. The van der Waals surface area contributed by atoms with Gasteiger partial charge in [0.1, 0.15) is 5.75 Å². The second-order valence-electron chi connectivity index (χ2n) is 6.61. The highest BCUT2D eigenvalue weighted by atomic mass is 79.9. The van der Waals surface area contributed by atoms with Crippen molar-refractivity contribution < 1.29 is 9.53 Å². The van der Waals surface area contributed by atoms with Crippen LogP contribution in [0, 0.1) is 0 Å². The lowest BCUT2D eigenvalue weighted by atomic mass is 10.2. The Morgan fingerprint density at radius 2 is 1.80 bits per heavy atom. The Labute approximate surface area is 181 Å². The first-order valence-electron chi connectivity index (χ1n) is 9.36. The minimum atomic E-state index is -0.222. The van der Waals surface area contributed by atoms with E-state index in [9.17, 15) is 9.59 Å². The van der Waals surface area contributed by atoms with Crippen LogP contribution in [0.1, 0.15) is 6.42 Å². The second-order valence-corrected chi connectivity index (χ2v) is 7.53. The Morgan fingerprint density at radius 3 is 2.63 bits per heavy atom. The molecule has 0 fully saturated rings. The Balaban J connectivity index is 1.45. The van der Waals surface area contributed by atoms with Gasteiger partial charge in [-0.3, -0.25) is 14.2 Å². The molecule has 7 heteroatoms. The van der Waals surface area contributed by atoms with Crippen LogP contribution in [0.2, 0.25) is 0 Å². The molecule has 0 radical (unpaired) electrons. The molecular formula is C23H18BrN3O3. The van der Waals surface area contributed by atoms with Crippen LogP contribution in [0.4, 0.5) is 5.69 Å². The fourth-order valence-electron chi connectivity index (χ4n) is 3.00. The molecule has 6 nitrogen and oxygen atoms in total. The maximum atomic E-state index is 12.7. The summed E-state index contributed by atoms with van der Waals surface area (Å²) in [5.74, 6) is 1.01. The number of rotatable bonds is 6. The molecule has 4 aromatic rings. The molecular weight excluding hydrogens is 446 g/mol. The van der Waals surface area contributed by atoms with E-state index in [1.54, 1.807) is 24.3 Å². The third-order valence-corrected chi connectivity index (χ3v) is 4.99. The van der Waals surface area contributed by atoms with E-state index in [0.29, 0.717) is 28.1 Å². The molecule has 1 heterocycles. The lowest BCUT2D eigenvalue weighted by Crippen LogP contribution is -2.23. The average Bonchev–Trinajstić information content (AvgIpc) is 2.76. The summed E-state index contributed by atoms with van der Waals surface area (Å²) in [6, 6.07) is 21.9. The van der Waals surface area contributed by atoms with E-state index in [4.69, 9.17) is 4.74 Å². The van der Waals surface area contributed by atoms with E-state index in [1.807, 2.05) is 48.5 Å². The van der Waals surface area contributed by atoms with Crippen molar-refractivity contribution in [3.8, 4) is 11.5 Å². The van der Waals surface area contributed by atoms with Crippen molar-refractivity contribution in [2.45, 2.75) is 13.0 Å². The van der Waals surface area contributed by atoms with Crippen LogP contribution in [0.15, 0.2) is 88.4 Å². The number of nitrogens with zero attached hydrogens (tertiary/aromatic N) is 2. The van der Waals surface area contributed by atoms with Crippen molar-refractivity contribution in [2.75, 3.05) is 5.32 Å². The van der Waals surface area contributed by atoms with Crippen LogP contribution in [0.5, 0.6) is 11.5 Å². The fourth-order valence-corrected chi connectivity index (χ4v) is 3.36. The van der Waals surface area contributed by atoms with Crippen molar-refractivity contribution in [1.82, 2.24) is 9.55 Å². The largest absolute Gasteiger partial charge is 0.455 e. The van der Waals surface area contributed by atoms with Gasteiger partial charge in [-0.2, -0.15) is 0 Å². The molecule has 0 aliphatic carbocycles. The summed E-state index contributed by atoms with van der Waals surface area (Å²) in [5.41, 5.74) is 1.01. The number of hydrogen-bond donors (Lipinski definition) is 1. The van der Waals surface area contributed by atoms with Crippen molar-refractivity contribution >= 4 is 38.4 Å². The summed E-state index contributed by atoms with van der Waals surface area (Å²) < 4.78 is 8.12. The van der Waals surface area contributed by atoms with Gasteiger partial charge in [-0.15, -0.1) is 0 Å². The monoisotopic (exact) mass is 463 g/mol. The molecule has 1 N–H and O–H groups in total. The number of carbonyl (C=O) groups is 1. The van der Waals surface area contributed by atoms with Crippen molar-refractivity contribution in [3.63, 3.8) is 0 Å². The van der Waals surface area contributed by atoms with Crippen molar-refractivity contribution in [3.05, 3.63) is 94.0 Å². The molecule has 0 atom stereocenters. The summed E-state index contributed by atoms with van der Waals surface area (Å²) >= 11 is 3.37. The van der Waals surface area contributed by atoms with Gasteiger partial charge in [-0.05, 0) is 42.5 Å². The molecule has 1 amide bonds. The summed E-state index contributed by atoms with van der Waals surface area (Å²) in [5, 5.41) is 3.37. The van der Waals surface area contributed by atoms with Gasteiger partial charge in [0.25, 0.3) is 5.56 Å². The number of fused-ring (bicyclic) bond motifs is 1. The predicted octanol–water partition coefficient (Wildman–Crippen LogP) is 4.98. The first kappa shape index (κ1) is 19.8. The first-order chi connectivity index (χ1) is 14.6. The molecule has 0 aliphatic heterocycles. The normalized spacial score (nSPS) is 10.7. The maximum Gasteiger partial charge on any atom is 0.261 e.